The van der Waals surface area contributed by atoms with Gasteiger partial charge >= 0.3 is 0 Å². The normalized spacial score (nSPS) is 12.7. The Hall–Kier alpha value is -1.74. The molecule has 1 atom stereocenters. The molecule has 0 saturated heterocycles. The van der Waals surface area contributed by atoms with Crippen LogP contribution in [0.4, 0.5) is 5.69 Å². The average molecular weight is 282 g/mol. The molecule has 1 aromatic rings. The van der Waals surface area contributed by atoms with Crippen molar-refractivity contribution >= 4 is 15.7 Å². The summed E-state index contributed by atoms with van der Waals surface area (Å²) < 4.78 is 26.0. The van der Waals surface area contributed by atoms with E-state index in [2.05, 4.69) is 0 Å². The van der Waals surface area contributed by atoms with Crippen LogP contribution in [0.15, 0.2) is 18.2 Å². The summed E-state index contributed by atoms with van der Waals surface area (Å²) in [7, 11) is -3.74. The molecule has 0 radical (unpaired) electrons. The van der Waals surface area contributed by atoms with Gasteiger partial charge in [-0.15, -0.1) is 0 Å². The third-order valence-electron chi connectivity index (χ3n) is 2.93. The number of phenols is 1. The number of nitriles is 1. The van der Waals surface area contributed by atoms with Gasteiger partial charge < -0.3 is 5.11 Å². The van der Waals surface area contributed by atoms with Crippen LogP contribution in [-0.2, 0) is 10.0 Å². The lowest BCUT2D eigenvalue weighted by Gasteiger charge is -2.26. The van der Waals surface area contributed by atoms with Gasteiger partial charge in [0.15, 0.2) is 5.25 Å². The van der Waals surface area contributed by atoms with E-state index in [0.29, 0.717) is 5.69 Å². The molecule has 1 unspecified atom stereocenters. The number of benzene rings is 1. The number of sulfonamides is 1. The van der Waals surface area contributed by atoms with Crippen LogP contribution in [0.2, 0.25) is 0 Å². The fourth-order valence-corrected chi connectivity index (χ4v) is 3.57. The standard InChI is InChI=1S/C13H18N2O3S/c1-4-12(9-14)19(17,18)15(5-2)13-8-11(16)7-6-10(13)3/h6-8,12,16H,4-5H2,1-3H3. The highest BCUT2D eigenvalue weighted by Crippen LogP contribution is 2.28. The molecule has 1 aromatic carbocycles. The van der Waals surface area contributed by atoms with E-state index in [9.17, 15) is 13.5 Å². The van der Waals surface area contributed by atoms with Gasteiger partial charge in [-0.1, -0.05) is 13.0 Å². The monoisotopic (exact) mass is 282 g/mol. The van der Waals surface area contributed by atoms with Crippen LogP contribution in [-0.4, -0.2) is 25.3 Å². The fourth-order valence-electron chi connectivity index (χ4n) is 1.88. The molecule has 1 N–H and O–H groups in total. The smallest absolute Gasteiger partial charge is 0.251 e. The van der Waals surface area contributed by atoms with Crippen molar-refractivity contribution in [1.29, 1.82) is 5.26 Å². The number of phenolic OH excluding ortho intramolecular Hbond substituents is 1. The van der Waals surface area contributed by atoms with E-state index in [0.717, 1.165) is 5.56 Å². The SMILES string of the molecule is CCC(C#N)S(=O)(=O)N(CC)c1cc(O)ccc1C. The summed E-state index contributed by atoms with van der Waals surface area (Å²) in [4.78, 5) is 0. The Morgan fingerprint density at radius 3 is 2.53 bits per heavy atom. The largest absolute Gasteiger partial charge is 0.508 e. The van der Waals surface area contributed by atoms with E-state index in [1.54, 1.807) is 26.8 Å². The van der Waals surface area contributed by atoms with Crippen molar-refractivity contribution in [3.63, 3.8) is 0 Å². The van der Waals surface area contributed by atoms with Crippen molar-refractivity contribution in [2.45, 2.75) is 32.4 Å². The zero-order valence-corrected chi connectivity index (χ0v) is 12.1. The van der Waals surface area contributed by atoms with Gasteiger partial charge in [-0.3, -0.25) is 4.31 Å². The van der Waals surface area contributed by atoms with E-state index in [-0.39, 0.29) is 18.7 Å². The van der Waals surface area contributed by atoms with Gasteiger partial charge in [-0.25, -0.2) is 8.42 Å². The first-order valence-electron chi connectivity index (χ1n) is 6.09. The van der Waals surface area contributed by atoms with Crippen LogP contribution in [0.3, 0.4) is 0 Å². The minimum absolute atomic E-state index is 0.000689. The van der Waals surface area contributed by atoms with E-state index in [1.165, 1.54) is 16.4 Å². The van der Waals surface area contributed by atoms with Crippen molar-refractivity contribution in [1.82, 2.24) is 0 Å². The van der Waals surface area contributed by atoms with Crippen LogP contribution in [0.25, 0.3) is 0 Å². The van der Waals surface area contributed by atoms with Gasteiger partial charge in [0.25, 0.3) is 10.0 Å². The van der Waals surface area contributed by atoms with Gasteiger partial charge in [0, 0.05) is 12.6 Å². The Balaban J connectivity index is 3.36. The minimum atomic E-state index is -3.74. The number of aromatic hydroxyl groups is 1. The van der Waals surface area contributed by atoms with Crippen molar-refractivity contribution in [2.24, 2.45) is 0 Å². The molecule has 0 aromatic heterocycles. The van der Waals surface area contributed by atoms with Gasteiger partial charge in [-0.2, -0.15) is 5.26 Å². The van der Waals surface area contributed by atoms with Crippen LogP contribution >= 0.6 is 0 Å². The summed E-state index contributed by atoms with van der Waals surface area (Å²) in [5, 5.41) is 17.4. The first-order chi connectivity index (χ1) is 8.88. The second-order valence-corrected chi connectivity index (χ2v) is 6.25. The van der Waals surface area contributed by atoms with E-state index in [4.69, 9.17) is 5.26 Å². The topological polar surface area (TPSA) is 81.4 Å². The summed E-state index contributed by atoms with van der Waals surface area (Å²) in [5.74, 6) is -0.000689. The van der Waals surface area contributed by atoms with Crippen molar-refractivity contribution in [3.8, 4) is 11.8 Å². The molecule has 0 aliphatic rings. The van der Waals surface area contributed by atoms with Gasteiger partial charge in [0.2, 0.25) is 0 Å². The van der Waals surface area contributed by atoms with Crippen LogP contribution in [0.1, 0.15) is 25.8 Å². The maximum Gasteiger partial charge on any atom is 0.251 e. The lowest BCUT2D eigenvalue weighted by atomic mass is 10.2. The summed E-state index contributed by atoms with van der Waals surface area (Å²) in [6.07, 6.45) is 0.229. The maximum absolute atomic E-state index is 12.4. The predicted molar refractivity (Wildman–Crippen MR) is 74.5 cm³/mol. The van der Waals surface area contributed by atoms with Gasteiger partial charge in [0.1, 0.15) is 5.75 Å². The molecule has 0 aliphatic heterocycles. The second-order valence-electron chi connectivity index (χ2n) is 4.21. The predicted octanol–water partition coefficient (Wildman–Crippen LogP) is 2.16. The molecular formula is C13H18N2O3S. The Labute approximate surface area is 114 Å². The molecule has 19 heavy (non-hydrogen) atoms. The van der Waals surface area contributed by atoms with E-state index < -0.39 is 15.3 Å². The van der Waals surface area contributed by atoms with Crippen LogP contribution in [0.5, 0.6) is 5.75 Å². The first-order valence-corrected chi connectivity index (χ1v) is 7.59. The average Bonchev–Trinajstić information content (AvgIpc) is 2.35. The molecule has 0 bridgehead atoms. The Morgan fingerprint density at radius 1 is 1.42 bits per heavy atom. The van der Waals surface area contributed by atoms with Crippen LogP contribution < -0.4 is 4.31 Å². The fraction of sp³-hybridized carbons (Fsp3) is 0.462. The number of nitrogens with zero attached hydrogens (tertiary/aromatic N) is 2. The molecule has 6 heteroatoms. The Bertz CT molecular complexity index is 590. The number of hydrogen-bond acceptors (Lipinski definition) is 4. The molecule has 0 aliphatic carbocycles. The summed E-state index contributed by atoms with van der Waals surface area (Å²) in [5.41, 5.74) is 1.15. The molecule has 5 nitrogen and oxygen atoms in total. The third-order valence-corrected chi connectivity index (χ3v) is 5.16. The van der Waals surface area contributed by atoms with Gasteiger partial charge in [-0.05, 0) is 31.9 Å². The molecule has 0 saturated carbocycles. The number of anilines is 1. The molecule has 104 valence electrons. The van der Waals surface area contributed by atoms with Crippen molar-refractivity contribution < 1.29 is 13.5 Å². The molecule has 0 fully saturated rings. The zero-order chi connectivity index (χ0) is 14.6. The van der Waals surface area contributed by atoms with Crippen molar-refractivity contribution in [3.05, 3.63) is 23.8 Å². The first kappa shape index (κ1) is 15.3. The summed E-state index contributed by atoms with van der Waals surface area (Å²) in [6, 6.07) is 6.37. The summed E-state index contributed by atoms with van der Waals surface area (Å²) >= 11 is 0. The number of hydrogen-bond donors (Lipinski definition) is 1. The second kappa shape index (κ2) is 5.93. The highest BCUT2D eigenvalue weighted by Gasteiger charge is 2.31. The Kier molecular flexibility index (Phi) is 4.78. The molecule has 1 rings (SSSR count). The highest BCUT2D eigenvalue weighted by molar-refractivity contribution is 7.93. The Morgan fingerprint density at radius 2 is 2.05 bits per heavy atom. The number of aryl methyl sites for hydroxylation is 1. The van der Waals surface area contributed by atoms with Gasteiger partial charge in [0.05, 0.1) is 11.8 Å². The lowest BCUT2D eigenvalue weighted by molar-refractivity contribution is 0.475. The molecule has 0 spiro atoms. The summed E-state index contributed by atoms with van der Waals surface area (Å²) in [6.45, 7) is 5.34. The van der Waals surface area contributed by atoms with E-state index >= 15 is 0 Å². The van der Waals surface area contributed by atoms with Crippen LogP contribution in [0, 0.1) is 18.3 Å². The highest BCUT2D eigenvalue weighted by atomic mass is 32.2. The maximum atomic E-state index is 12.4. The molecular weight excluding hydrogens is 264 g/mol. The van der Waals surface area contributed by atoms with E-state index in [1.807, 2.05) is 6.07 Å². The zero-order valence-electron chi connectivity index (χ0n) is 11.3. The lowest BCUT2D eigenvalue weighted by Crippen LogP contribution is -2.38. The molecule has 0 heterocycles. The minimum Gasteiger partial charge on any atom is -0.508 e. The quantitative estimate of drug-likeness (QED) is 0.897. The number of rotatable bonds is 5. The third kappa shape index (κ3) is 2.99. The molecule has 0 amide bonds. The van der Waals surface area contributed by atoms with Crippen molar-refractivity contribution in [2.75, 3.05) is 10.8 Å².